The fourth-order valence-electron chi connectivity index (χ4n) is 3.83. The topological polar surface area (TPSA) is 79.4 Å². The molecule has 1 N–H and O–H groups in total. The third kappa shape index (κ3) is 3.39. The second-order valence-corrected chi connectivity index (χ2v) is 8.38. The molecule has 1 aromatic carbocycles. The average molecular weight is 383 g/mol. The van der Waals surface area contributed by atoms with Crippen molar-refractivity contribution < 1.29 is 14.4 Å². The Hall–Kier alpha value is -2.54. The zero-order valence-corrected chi connectivity index (χ0v) is 16.0. The molecule has 0 radical (unpaired) electrons. The Morgan fingerprint density at radius 1 is 1.19 bits per heavy atom. The largest absolute Gasteiger partial charge is 0.347 e. The summed E-state index contributed by atoms with van der Waals surface area (Å²) in [5.41, 5.74) is 1.13. The molecule has 6 nitrogen and oxygen atoms in total. The summed E-state index contributed by atoms with van der Waals surface area (Å²) in [5.74, 6) is -0.760. The fraction of sp³-hybridized carbons (Fsp3) is 0.400. The Balaban J connectivity index is 1.50. The van der Waals surface area contributed by atoms with Gasteiger partial charge in [-0.3, -0.25) is 19.3 Å². The highest BCUT2D eigenvalue weighted by Crippen LogP contribution is 2.31. The summed E-state index contributed by atoms with van der Waals surface area (Å²) in [7, 11) is 0. The minimum absolute atomic E-state index is 0.0157. The first-order chi connectivity index (χ1) is 13.0. The summed E-state index contributed by atoms with van der Waals surface area (Å²) >= 11 is 1.53. The highest BCUT2D eigenvalue weighted by atomic mass is 32.1. The van der Waals surface area contributed by atoms with E-state index in [4.69, 9.17) is 0 Å². The predicted octanol–water partition coefficient (Wildman–Crippen LogP) is 3.31. The molecule has 7 heteroatoms. The number of carbonyl (C=O) groups is 3. The van der Waals surface area contributed by atoms with Gasteiger partial charge in [0.05, 0.1) is 22.7 Å². The molecule has 1 aromatic heterocycles. The molecule has 4 rings (SSSR count). The molecule has 27 heavy (non-hydrogen) atoms. The van der Waals surface area contributed by atoms with Crippen LogP contribution >= 0.6 is 11.3 Å². The highest BCUT2D eigenvalue weighted by molar-refractivity contribution is 7.11. The van der Waals surface area contributed by atoms with E-state index in [2.05, 4.69) is 10.3 Å². The zero-order valence-electron chi connectivity index (χ0n) is 15.2. The zero-order chi connectivity index (χ0) is 19.0. The normalized spacial score (nSPS) is 17.3. The number of amides is 3. The van der Waals surface area contributed by atoms with Crippen molar-refractivity contribution in [2.45, 2.75) is 51.6 Å². The summed E-state index contributed by atoms with van der Waals surface area (Å²) in [6.07, 6.45) is 6.72. The number of hydrogen-bond donors (Lipinski definition) is 1. The SMILES string of the molecule is Cc1ncc(CNC(=O)c2ccc3c(c2)C(=O)N(C2CCCCC2)C3=O)s1. The van der Waals surface area contributed by atoms with Gasteiger partial charge in [-0.2, -0.15) is 0 Å². The lowest BCUT2D eigenvalue weighted by Gasteiger charge is -2.29. The summed E-state index contributed by atoms with van der Waals surface area (Å²) < 4.78 is 0. The second kappa shape index (κ2) is 7.23. The van der Waals surface area contributed by atoms with Gasteiger partial charge in [0.2, 0.25) is 0 Å². The van der Waals surface area contributed by atoms with Crippen molar-refractivity contribution in [1.29, 1.82) is 0 Å². The smallest absolute Gasteiger partial charge is 0.261 e. The van der Waals surface area contributed by atoms with Crippen molar-refractivity contribution in [1.82, 2.24) is 15.2 Å². The fourth-order valence-corrected chi connectivity index (χ4v) is 4.56. The van der Waals surface area contributed by atoms with Crippen molar-refractivity contribution in [2.24, 2.45) is 0 Å². The number of imide groups is 1. The quantitative estimate of drug-likeness (QED) is 0.822. The monoisotopic (exact) mass is 383 g/mol. The number of thiazole rings is 1. The van der Waals surface area contributed by atoms with E-state index in [1.165, 1.54) is 16.2 Å². The number of aryl methyl sites for hydroxylation is 1. The van der Waals surface area contributed by atoms with Crippen LogP contribution in [0, 0.1) is 6.92 Å². The molecule has 0 bridgehead atoms. The molecule has 2 aliphatic rings. The van der Waals surface area contributed by atoms with E-state index in [0.717, 1.165) is 42.0 Å². The minimum atomic E-state index is -0.269. The molecule has 2 aromatic rings. The maximum atomic E-state index is 12.8. The Morgan fingerprint density at radius 3 is 2.63 bits per heavy atom. The predicted molar refractivity (Wildman–Crippen MR) is 102 cm³/mol. The first-order valence-corrected chi connectivity index (χ1v) is 10.1. The Morgan fingerprint density at radius 2 is 1.93 bits per heavy atom. The summed E-state index contributed by atoms with van der Waals surface area (Å²) in [4.78, 5) is 44.5. The van der Waals surface area contributed by atoms with Crippen LogP contribution in [0.4, 0.5) is 0 Å². The van der Waals surface area contributed by atoms with Crippen molar-refractivity contribution in [3.8, 4) is 0 Å². The summed E-state index contributed by atoms with van der Waals surface area (Å²) in [6, 6.07) is 4.75. The van der Waals surface area contributed by atoms with Gasteiger partial charge in [-0.15, -0.1) is 11.3 Å². The molecule has 3 amide bonds. The maximum absolute atomic E-state index is 12.8. The van der Waals surface area contributed by atoms with E-state index >= 15 is 0 Å². The van der Waals surface area contributed by atoms with Gasteiger partial charge in [0, 0.05) is 22.7 Å². The summed E-state index contributed by atoms with van der Waals surface area (Å²) in [6.45, 7) is 2.31. The van der Waals surface area contributed by atoms with Crippen LogP contribution in [-0.4, -0.2) is 33.6 Å². The van der Waals surface area contributed by atoms with E-state index in [0.29, 0.717) is 23.2 Å². The van der Waals surface area contributed by atoms with E-state index in [1.807, 2.05) is 6.92 Å². The number of benzene rings is 1. The van der Waals surface area contributed by atoms with Gasteiger partial charge in [0.1, 0.15) is 0 Å². The molecule has 0 unspecified atom stereocenters. The van der Waals surface area contributed by atoms with E-state index in [-0.39, 0.29) is 23.8 Å². The minimum Gasteiger partial charge on any atom is -0.347 e. The van der Waals surface area contributed by atoms with E-state index in [1.54, 1.807) is 24.4 Å². The Kier molecular flexibility index (Phi) is 4.78. The van der Waals surface area contributed by atoms with Crippen LogP contribution in [0.5, 0.6) is 0 Å². The van der Waals surface area contributed by atoms with Gasteiger partial charge in [-0.05, 0) is 38.0 Å². The molecule has 2 heterocycles. The van der Waals surface area contributed by atoms with Crippen LogP contribution in [0.2, 0.25) is 0 Å². The third-order valence-corrected chi connectivity index (χ3v) is 6.13. The lowest BCUT2D eigenvalue weighted by atomic mass is 9.94. The molecule has 1 aliphatic carbocycles. The highest BCUT2D eigenvalue weighted by Gasteiger charge is 2.40. The lowest BCUT2D eigenvalue weighted by molar-refractivity contribution is 0.0549. The van der Waals surface area contributed by atoms with Crippen molar-refractivity contribution in [3.63, 3.8) is 0 Å². The van der Waals surface area contributed by atoms with Gasteiger partial charge < -0.3 is 5.32 Å². The van der Waals surface area contributed by atoms with Gasteiger partial charge >= 0.3 is 0 Å². The van der Waals surface area contributed by atoms with Crippen molar-refractivity contribution in [3.05, 3.63) is 51.0 Å². The molecule has 1 aliphatic heterocycles. The Labute approximate surface area is 161 Å². The molecule has 0 spiro atoms. The number of hydrogen-bond acceptors (Lipinski definition) is 5. The van der Waals surface area contributed by atoms with Crippen molar-refractivity contribution >= 4 is 29.1 Å². The number of fused-ring (bicyclic) bond motifs is 1. The number of rotatable bonds is 4. The van der Waals surface area contributed by atoms with Gasteiger partial charge in [0.25, 0.3) is 17.7 Å². The van der Waals surface area contributed by atoms with Crippen LogP contribution in [0.3, 0.4) is 0 Å². The number of nitrogens with one attached hydrogen (secondary N) is 1. The first-order valence-electron chi connectivity index (χ1n) is 9.26. The van der Waals surface area contributed by atoms with E-state index < -0.39 is 0 Å². The molecule has 0 saturated heterocycles. The maximum Gasteiger partial charge on any atom is 0.261 e. The summed E-state index contributed by atoms with van der Waals surface area (Å²) in [5, 5.41) is 3.79. The third-order valence-electron chi connectivity index (χ3n) is 5.21. The van der Waals surface area contributed by atoms with Gasteiger partial charge in [-0.25, -0.2) is 4.98 Å². The molecular formula is C20H21N3O3S. The molecule has 1 fully saturated rings. The van der Waals surface area contributed by atoms with Crippen molar-refractivity contribution in [2.75, 3.05) is 0 Å². The van der Waals surface area contributed by atoms with Crippen LogP contribution in [-0.2, 0) is 6.54 Å². The lowest BCUT2D eigenvalue weighted by Crippen LogP contribution is -2.40. The van der Waals surface area contributed by atoms with E-state index in [9.17, 15) is 14.4 Å². The second-order valence-electron chi connectivity index (χ2n) is 7.06. The number of carbonyl (C=O) groups excluding carboxylic acids is 3. The van der Waals surface area contributed by atoms with Crippen LogP contribution in [0.1, 0.15) is 73.1 Å². The average Bonchev–Trinajstić information content (AvgIpc) is 3.21. The molecule has 140 valence electrons. The first kappa shape index (κ1) is 17.9. The van der Waals surface area contributed by atoms with Gasteiger partial charge in [-0.1, -0.05) is 19.3 Å². The van der Waals surface area contributed by atoms with Crippen LogP contribution in [0.15, 0.2) is 24.4 Å². The van der Waals surface area contributed by atoms with Crippen LogP contribution < -0.4 is 5.32 Å². The number of nitrogens with zero attached hydrogens (tertiary/aromatic N) is 2. The number of aromatic nitrogens is 1. The molecular weight excluding hydrogens is 362 g/mol. The van der Waals surface area contributed by atoms with Crippen LogP contribution in [0.25, 0.3) is 0 Å². The van der Waals surface area contributed by atoms with Gasteiger partial charge in [0.15, 0.2) is 0 Å². The Bertz CT molecular complexity index is 915. The molecule has 0 atom stereocenters. The standard InChI is InChI=1S/C20H21N3O3S/c1-12-21-10-15(27-12)11-22-18(24)13-7-8-16-17(9-13)20(26)23(19(16)25)14-5-3-2-4-6-14/h7-10,14H,2-6,11H2,1H3,(H,22,24). The molecule has 1 saturated carbocycles.